The number of hydrogen-bond donors (Lipinski definition) is 1. The van der Waals surface area contributed by atoms with Crippen LogP contribution >= 0.6 is 15.9 Å². The van der Waals surface area contributed by atoms with Gasteiger partial charge in [-0.3, -0.25) is 0 Å². The normalized spacial score (nSPS) is 14.8. The molecule has 1 rings (SSSR count). The van der Waals surface area contributed by atoms with Gasteiger partial charge in [0.25, 0.3) is 0 Å². The molecule has 0 bridgehead atoms. The molecule has 2 unspecified atom stereocenters. The lowest BCUT2D eigenvalue weighted by molar-refractivity contribution is 0.433. The molecule has 0 heterocycles. The van der Waals surface area contributed by atoms with Gasteiger partial charge in [0.05, 0.1) is 0 Å². The zero-order valence-electron chi connectivity index (χ0n) is 10.7. The van der Waals surface area contributed by atoms with Gasteiger partial charge in [-0.2, -0.15) is 0 Å². The first-order chi connectivity index (χ1) is 7.54. The third-order valence-electron chi connectivity index (χ3n) is 3.22. The van der Waals surface area contributed by atoms with Crippen LogP contribution in [0.3, 0.4) is 0 Å². The van der Waals surface area contributed by atoms with E-state index in [2.05, 4.69) is 67.1 Å². The maximum Gasteiger partial charge on any atom is 0.0210 e. The van der Waals surface area contributed by atoms with Gasteiger partial charge in [-0.1, -0.05) is 46.6 Å². The Hall–Kier alpha value is -0.340. The predicted molar refractivity (Wildman–Crippen MR) is 75.2 cm³/mol. The quantitative estimate of drug-likeness (QED) is 0.811. The Morgan fingerprint density at radius 2 is 1.94 bits per heavy atom. The van der Waals surface area contributed by atoms with E-state index in [1.165, 1.54) is 16.7 Å². The van der Waals surface area contributed by atoms with Crippen LogP contribution in [0.1, 0.15) is 30.5 Å². The molecule has 0 saturated carbocycles. The van der Waals surface area contributed by atoms with Crippen molar-refractivity contribution in [3.8, 4) is 0 Å². The molecule has 1 aromatic rings. The van der Waals surface area contributed by atoms with E-state index in [0.29, 0.717) is 12.0 Å². The van der Waals surface area contributed by atoms with Gasteiger partial charge < -0.3 is 5.32 Å². The summed E-state index contributed by atoms with van der Waals surface area (Å²) in [5, 5.41) is 4.64. The van der Waals surface area contributed by atoms with E-state index in [0.717, 1.165) is 11.9 Å². The smallest absolute Gasteiger partial charge is 0.0210 e. The average molecular weight is 284 g/mol. The highest BCUT2D eigenvalue weighted by molar-refractivity contribution is 9.09. The fourth-order valence-electron chi connectivity index (χ4n) is 1.60. The molecule has 0 aromatic heterocycles. The molecule has 1 nitrogen and oxygen atoms in total. The van der Waals surface area contributed by atoms with Crippen LogP contribution in [-0.2, 0) is 6.54 Å². The standard InChI is InChI=1S/C14H22BrN/c1-10-5-6-11(2)14(7-10)9-16-13(4)12(3)8-15/h5-7,12-13,16H,8-9H2,1-4H3. The summed E-state index contributed by atoms with van der Waals surface area (Å²) in [6.45, 7) is 9.79. The van der Waals surface area contributed by atoms with Crippen LogP contribution < -0.4 is 5.32 Å². The van der Waals surface area contributed by atoms with Gasteiger partial charge in [-0.25, -0.2) is 0 Å². The van der Waals surface area contributed by atoms with Crippen molar-refractivity contribution in [3.63, 3.8) is 0 Å². The first kappa shape index (κ1) is 13.7. The lowest BCUT2D eigenvalue weighted by Gasteiger charge is -2.20. The van der Waals surface area contributed by atoms with E-state index in [9.17, 15) is 0 Å². The molecule has 0 spiro atoms. The van der Waals surface area contributed by atoms with Gasteiger partial charge in [0.15, 0.2) is 0 Å². The number of hydrogen-bond acceptors (Lipinski definition) is 1. The van der Waals surface area contributed by atoms with E-state index < -0.39 is 0 Å². The maximum atomic E-state index is 3.59. The van der Waals surface area contributed by atoms with Crippen LogP contribution in [0.4, 0.5) is 0 Å². The van der Waals surface area contributed by atoms with Crippen molar-refractivity contribution < 1.29 is 0 Å². The van der Waals surface area contributed by atoms with E-state index in [1.807, 2.05) is 0 Å². The summed E-state index contributed by atoms with van der Waals surface area (Å²) in [6.07, 6.45) is 0. The Morgan fingerprint density at radius 1 is 1.25 bits per heavy atom. The maximum absolute atomic E-state index is 3.59. The molecule has 0 saturated heterocycles. The summed E-state index contributed by atoms with van der Waals surface area (Å²) >= 11 is 3.53. The lowest BCUT2D eigenvalue weighted by atomic mass is 10.0. The van der Waals surface area contributed by atoms with E-state index in [4.69, 9.17) is 0 Å². The van der Waals surface area contributed by atoms with Crippen molar-refractivity contribution in [2.45, 2.75) is 40.3 Å². The third kappa shape index (κ3) is 3.91. The highest BCUT2D eigenvalue weighted by Crippen LogP contribution is 2.12. The van der Waals surface area contributed by atoms with Crippen LogP contribution in [0.5, 0.6) is 0 Å². The summed E-state index contributed by atoms with van der Waals surface area (Å²) in [4.78, 5) is 0. The Kier molecular flexibility index (Phi) is 5.50. The van der Waals surface area contributed by atoms with Crippen molar-refractivity contribution >= 4 is 15.9 Å². The second-order valence-electron chi connectivity index (χ2n) is 4.73. The molecule has 0 radical (unpaired) electrons. The Bertz CT molecular complexity index is 336. The van der Waals surface area contributed by atoms with E-state index >= 15 is 0 Å². The third-order valence-corrected chi connectivity index (χ3v) is 4.24. The summed E-state index contributed by atoms with van der Waals surface area (Å²) < 4.78 is 0. The van der Waals surface area contributed by atoms with E-state index in [1.54, 1.807) is 0 Å². The molecular formula is C14H22BrN. The summed E-state index contributed by atoms with van der Waals surface area (Å²) in [5.74, 6) is 0.658. The molecule has 0 aliphatic carbocycles. The van der Waals surface area contributed by atoms with Crippen molar-refractivity contribution in [1.82, 2.24) is 5.32 Å². The highest BCUT2D eigenvalue weighted by Gasteiger charge is 2.10. The molecule has 2 atom stereocenters. The highest BCUT2D eigenvalue weighted by atomic mass is 79.9. The molecule has 1 N–H and O–H groups in total. The minimum absolute atomic E-state index is 0.541. The van der Waals surface area contributed by atoms with Crippen molar-refractivity contribution in [2.75, 3.05) is 5.33 Å². The topological polar surface area (TPSA) is 12.0 Å². The van der Waals surface area contributed by atoms with Gasteiger partial charge in [0.2, 0.25) is 0 Å². The first-order valence-corrected chi connectivity index (χ1v) is 7.02. The summed E-state index contributed by atoms with van der Waals surface area (Å²) in [5.41, 5.74) is 4.12. The molecule has 0 aliphatic heterocycles. The number of rotatable bonds is 5. The number of alkyl halides is 1. The minimum Gasteiger partial charge on any atom is -0.310 e. The molecule has 2 heteroatoms. The van der Waals surface area contributed by atoms with Crippen LogP contribution in [0, 0.1) is 19.8 Å². The zero-order valence-corrected chi connectivity index (χ0v) is 12.3. The largest absolute Gasteiger partial charge is 0.310 e. The molecule has 0 fully saturated rings. The second kappa shape index (κ2) is 6.41. The fourth-order valence-corrected chi connectivity index (χ4v) is 2.16. The first-order valence-electron chi connectivity index (χ1n) is 5.90. The van der Waals surface area contributed by atoms with Gasteiger partial charge in [-0.05, 0) is 37.8 Å². The van der Waals surface area contributed by atoms with Gasteiger partial charge in [0.1, 0.15) is 0 Å². The monoisotopic (exact) mass is 283 g/mol. The molecule has 16 heavy (non-hydrogen) atoms. The Labute approximate surface area is 108 Å². The Balaban J connectivity index is 2.57. The van der Waals surface area contributed by atoms with Crippen molar-refractivity contribution in [1.29, 1.82) is 0 Å². The summed E-state index contributed by atoms with van der Waals surface area (Å²) in [6, 6.07) is 7.18. The lowest BCUT2D eigenvalue weighted by Crippen LogP contribution is -2.32. The van der Waals surface area contributed by atoms with Gasteiger partial charge in [-0.15, -0.1) is 0 Å². The van der Waals surface area contributed by atoms with Crippen LogP contribution in [-0.4, -0.2) is 11.4 Å². The van der Waals surface area contributed by atoms with E-state index in [-0.39, 0.29) is 0 Å². The molecular weight excluding hydrogens is 262 g/mol. The average Bonchev–Trinajstić information content (AvgIpc) is 2.28. The van der Waals surface area contributed by atoms with Crippen LogP contribution in [0.15, 0.2) is 18.2 Å². The number of benzene rings is 1. The van der Waals surface area contributed by atoms with Crippen molar-refractivity contribution in [2.24, 2.45) is 5.92 Å². The molecule has 90 valence electrons. The molecule has 1 aromatic carbocycles. The van der Waals surface area contributed by atoms with Gasteiger partial charge >= 0.3 is 0 Å². The Morgan fingerprint density at radius 3 is 2.56 bits per heavy atom. The minimum atomic E-state index is 0.541. The SMILES string of the molecule is Cc1ccc(C)c(CNC(C)C(C)CBr)c1. The number of halogens is 1. The van der Waals surface area contributed by atoms with Gasteiger partial charge in [0, 0.05) is 17.9 Å². The predicted octanol–water partition coefficient (Wildman–Crippen LogP) is 3.81. The second-order valence-corrected chi connectivity index (χ2v) is 5.38. The van der Waals surface area contributed by atoms with Crippen LogP contribution in [0.2, 0.25) is 0 Å². The fraction of sp³-hybridized carbons (Fsp3) is 0.571. The molecule has 0 amide bonds. The summed E-state index contributed by atoms with van der Waals surface area (Å²) in [7, 11) is 0. The van der Waals surface area contributed by atoms with Crippen LogP contribution in [0.25, 0.3) is 0 Å². The zero-order chi connectivity index (χ0) is 12.1. The van der Waals surface area contributed by atoms with Crippen molar-refractivity contribution in [3.05, 3.63) is 34.9 Å². The molecule has 0 aliphatic rings. The number of nitrogens with one attached hydrogen (secondary N) is 1. The number of aryl methyl sites for hydroxylation is 2.